The fourth-order valence-corrected chi connectivity index (χ4v) is 3.49. The van der Waals surface area contributed by atoms with Gasteiger partial charge in [-0.25, -0.2) is 9.07 Å². The third kappa shape index (κ3) is 5.10. The van der Waals surface area contributed by atoms with E-state index in [1.54, 1.807) is 26.1 Å². The summed E-state index contributed by atoms with van der Waals surface area (Å²) < 4.78 is 20.8. The van der Waals surface area contributed by atoms with Crippen molar-refractivity contribution >= 4 is 11.8 Å². The van der Waals surface area contributed by atoms with Crippen LogP contribution < -0.4 is 4.74 Å². The molecule has 156 valence electrons. The summed E-state index contributed by atoms with van der Waals surface area (Å²) in [5, 5.41) is 7.83. The Kier molecular flexibility index (Phi) is 6.46. The fourth-order valence-electron chi connectivity index (χ4n) is 3.49. The minimum Gasteiger partial charge on any atom is -0.497 e. The maximum Gasteiger partial charge on any atom is 0.275 e. The number of hydrogen-bond acceptors (Lipinski definition) is 5. The molecule has 1 aliphatic rings. The number of aryl methyl sites for hydroxylation is 1. The molecule has 0 unspecified atom stereocenters. The molecule has 0 radical (unpaired) electrons. The lowest BCUT2D eigenvalue weighted by Crippen LogP contribution is -2.38. The van der Waals surface area contributed by atoms with Crippen molar-refractivity contribution in [1.29, 1.82) is 0 Å². The summed E-state index contributed by atoms with van der Waals surface area (Å²) in [6, 6.07) is 7.25. The summed E-state index contributed by atoms with van der Waals surface area (Å²) in [5.41, 5.74) is 1.22. The van der Waals surface area contributed by atoms with Crippen LogP contribution in [0.25, 0.3) is 0 Å². The fraction of sp³-hybridized carbons (Fsp3) is 0.500. The number of amides is 2. The van der Waals surface area contributed by atoms with Crippen molar-refractivity contribution in [2.75, 3.05) is 27.7 Å². The largest absolute Gasteiger partial charge is 0.497 e. The van der Waals surface area contributed by atoms with Crippen LogP contribution in [-0.4, -0.2) is 76.6 Å². The molecule has 0 aliphatic carbocycles. The summed E-state index contributed by atoms with van der Waals surface area (Å²) in [4.78, 5) is 27.7. The van der Waals surface area contributed by atoms with Gasteiger partial charge >= 0.3 is 0 Å². The van der Waals surface area contributed by atoms with E-state index >= 15 is 0 Å². The molecular weight excluding hydrogens is 377 g/mol. The Morgan fingerprint density at radius 2 is 2.14 bits per heavy atom. The number of alkyl halides is 1. The van der Waals surface area contributed by atoms with Gasteiger partial charge in [0.05, 0.1) is 32.4 Å². The zero-order valence-electron chi connectivity index (χ0n) is 16.9. The summed E-state index contributed by atoms with van der Waals surface area (Å²) in [6.07, 6.45) is 1.57. The Morgan fingerprint density at radius 1 is 1.34 bits per heavy atom. The summed E-state index contributed by atoms with van der Waals surface area (Å²) >= 11 is 0. The Morgan fingerprint density at radius 3 is 2.86 bits per heavy atom. The van der Waals surface area contributed by atoms with Crippen LogP contribution in [0.5, 0.6) is 5.75 Å². The van der Waals surface area contributed by atoms with Gasteiger partial charge in [-0.1, -0.05) is 17.3 Å². The molecule has 1 aromatic carbocycles. The molecule has 2 atom stereocenters. The SMILES string of the molecule is COc1cccc(CCC(=O)N2C[C@@H](F)C[C@H]2Cn2cc(C(=O)N(C)C)nn2)c1. The molecular formula is C20H26FN5O3. The van der Waals surface area contributed by atoms with E-state index in [1.807, 2.05) is 24.3 Å². The molecule has 0 bridgehead atoms. The van der Waals surface area contributed by atoms with Gasteiger partial charge in [-0.05, 0) is 24.1 Å². The first-order chi connectivity index (χ1) is 13.9. The second kappa shape index (κ2) is 9.02. The van der Waals surface area contributed by atoms with Gasteiger partial charge < -0.3 is 14.5 Å². The average molecular weight is 403 g/mol. The molecule has 1 aliphatic heterocycles. The van der Waals surface area contributed by atoms with Gasteiger partial charge in [-0.3, -0.25) is 9.59 Å². The number of nitrogens with zero attached hydrogens (tertiary/aromatic N) is 5. The van der Waals surface area contributed by atoms with Gasteiger partial charge in [0.1, 0.15) is 11.9 Å². The van der Waals surface area contributed by atoms with Crippen molar-refractivity contribution < 1.29 is 18.7 Å². The molecule has 2 heterocycles. The summed E-state index contributed by atoms with van der Waals surface area (Å²) in [5.74, 6) is 0.395. The number of aromatic nitrogens is 3. The highest BCUT2D eigenvalue weighted by Crippen LogP contribution is 2.23. The molecule has 0 spiro atoms. The highest BCUT2D eigenvalue weighted by Gasteiger charge is 2.35. The lowest BCUT2D eigenvalue weighted by atomic mass is 10.1. The van der Waals surface area contributed by atoms with Crippen LogP contribution in [0, 0.1) is 0 Å². The standard InChI is InChI=1S/C20H26FN5O3/c1-24(2)20(28)18-13-25(23-22-18)12-16-10-15(21)11-26(16)19(27)8-7-14-5-4-6-17(9-14)29-3/h4-6,9,13,15-16H,7-8,10-12H2,1-3H3/t15-,16-/m0/s1. The molecule has 2 amide bonds. The minimum atomic E-state index is -1.06. The van der Waals surface area contributed by atoms with Gasteiger partial charge in [0.15, 0.2) is 5.69 Å². The summed E-state index contributed by atoms with van der Waals surface area (Å²) in [7, 11) is 4.87. The molecule has 2 aromatic rings. The zero-order valence-corrected chi connectivity index (χ0v) is 16.9. The topological polar surface area (TPSA) is 80.6 Å². The van der Waals surface area contributed by atoms with E-state index in [1.165, 1.54) is 15.8 Å². The van der Waals surface area contributed by atoms with Gasteiger partial charge in [0.2, 0.25) is 5.91 Å². The first kappa shape index (κ1) is 20.8. The minimum absolute atomic E-state index is 0.0831. The van der Waals surface area contributed by atoms with Crippen molar-refractivity contribution in [1.82, 2.24) is 24.8 Å². The van der Waals surface area contributed by atoms with Crippen molar-refractivity contribution in [3.63, 3.8) is 0 Å². The Hall–Kier alpha value is -2.97. The zero-order chi connectivity index (χ0) is 21.0. The molecule has 9 heteroatoms. The van der Waals surface area contributed by atoms with Crippen molar-refractivity contribution in [2.45, 2.75) is 38.0 Å². The van der Waals surface area contributed by atoms with Crippen molar-refractivity contribution in [3.05, 3.63) is 41.7 Å². The van der Waals surface area contributed by atoms with E-state index in [0.717, 1.165) is 11.3 Å². The number of hydrogen-bond donors (Lipinski definition) is 0. The first-order valence-corrected chi connectivity index (χ1v) is 9.55. The van der Waals surface area contributed by atoms with E-state index < -0.39 is 6.17 Å². The third-order valence-corrected chi connectivity index (χ3v) is 5.01. The smallest absolute Gasteiger partial charge is 0.275 e. The van der Waals surface area contributed by atoms with Crippen LogP contribution in [0.3, 0.4) is 0 Å². The number of rotatable bonds is 7. The molecule has 1 aromatic heterocycles. The predicted molar refractivity (Wildman–Crippen MR) is 104 cm³/mol. The van der Waals surface area contributed by atoms with Crippen molar-refractivity contribution in [3.8, 4) is 5.75 Å². The molecule has 29 heavy (non-hydrogen) atoms. The van der Waals surface area contributed by atoms with E-state index in [-0.39, 0.29) is 42.9 Å². The van der Waals surface area contributed by atoms with Crippen LogP contribution in [0.4, 0.5) is 4.39 Å². The summed E-state index contributed by atoms with van der Waals surface area (Å²) in [6.45, 7) is 0.388. The predicted octanol–water partition coefficient (Wildman–Crippen LogP) is 1.56. The Labute approximate surface area is 169 Å². The van der Waals surface area contributed by atoms with Gasteiger partial charge in [-0.15, -0.1) is 5.10 Å². The lowest BCUT2D eigenvalue weighted by Gasteiger charge is -2.24. The average Bonchev–Trinajstić information content (AvgIpc) is 3.32. The van der Waals surface area contributed by atoms with Gasteiger partial charge in [0, 0.05) is 26.9 Å². The van der Waals surface area contributed by atoms with Crippen LogP contribution in [0.15, 0.2) is 30.5 Å². The number of benzene rings is 1. The second-order valence-electron chi connectivity index (χ2n) is 7.41. The van der Waals surface area contributed by atoms with E-state index in [2.05, 4.69) is 10.3 Å². The van der Waals surface area contributed by atoms with Crippen LogP contribution in [-0.2, 0) is 17.8 Å². The molecule has 1 fully saturated rings. The maximum absolute atomic E-state index is 14.1. The molecule has 0 saturated carbocycles. The number of ether oxygens (including phenoxy) is 1. The highest BCUT2D eigenvalue weighted by atomic mass is 19.1. The number of methoxy groups -OCH3 is 1. The van der Waals surface area contributed by atoms with Crippen LogP contribution in [0.1, 0.15) is 28.9 Å². The van der Waals surface area contributed by atoms with Crippen LogP contribution >= 0.6 is 0 Å². The molecule has 3 rings (SSSR count). The quantitative estimate of drug-likeness (QED) is 0.701. The molecule has 1 saturated heterocycles. The number of carbonyl (C=O) groups is 2. The highest BCUT2D eigenvalue weighted by molar-refractivity contribution is 5.91. The van der Waals surface area contributed by atoms with E-state index in [0.29, 0.717) is 13.0 Å². The normalized spacial score (nSPS) is 18.7. The van der Waals surface area contributed by atoms with Crippen molar-refractivity contribution in [2.24, 2.45) is 0 Å². The second-order valence-corrected chi connectivity index (χ2v) is 7.41. The molecule has 8 nitrogen and oxygen atoms in total. The van der Waals surface area contributed by atoms with E-state index in [4.69, 9.17) is 4.74 Å². The number of likely N-dealkylation sites (tertiary alicyclic amines) is 1. The first-order valence-electron chi connectivity index (χ1n) is 9.55. The number of halogens is 1. The maximum atomic E-state index is 14.1. The van der Waals surface area contributed by atoms with E-state index in [9.17, 15) is 14.0 Å². The van der Waals surface area contributed by atoms with Gasteiger partial charge in [0.25, 0.3) is 5.91 Å². The van der Waals surface area contributed by atoms with Crippen LogP contribution in [0.2, 0.25) is 0 Å². The number of carbonyl (C=O) groups excluding carboxylic acids is 2. The monoisotopic (exact) mass is 403 g/mol. The Balaban J connectivity index is 1.62. The lowest BCUT2D eigenvalue weighted by molar-refractivity contribution is -0.132. The van der Waals surface area contributed by atoms with Gasteiger partial charge in [-0.2, -0.15) is 0 Å². The third-order valence-electron chi connectivity index (χ3n) is 5.01. The molecule has 0 N–H and O–H groups in total. The Bertz CT molecular complexity index is 869.